The van der Waals surface area contributed by atoms with E-state index in [2.05, 4.69) is 50.3 Å². The molecule has 1 unspecified atom stereocenters. The summed E-state index contributed by atoms with van der Waals surface area (Å²) in [5, 5.41) is 4.78. The second-order valence-corrected chi connectivity index (χ2v) is 6.13. The van der Waals surface area contributed by atoms with Gasteiger partial charge in [0.1, 0.15) is 5.58 Å². The second-order valence-electron chi connectivity index (χ2n) is 6.13. The molecule has 0 aliphatic carbocycles. The van der Waals surface area contributed by atoms with Gasteiger partial charge in [-0.05, 0) is 32.5 Å². The van der Waals surface area contributed by atoms with E-state index in [0.29, 0.717) is 6.04 Å². The number of rotatable bonds is 7. The first-order valence-electron chi connectivity index (χ1n) is 7.40. The number of nitrogens with zero attached hydrogens (tertiary/aromatic N) is 1. The van der Waals surface area contributed by atoms with Gasteiger partial charge < -0.3 is 14.6 Å². The van der Waals surface area contributed by atoms with Crippen molar-refractivity contribution in [2.75, 3.05) is 20.6 Å². The van der Waals surface area contributed by atoms with Gasteiger partial charge in [0.25, 0.3) is 0 Å². The molecule has 0 saturated heterocycles. The van der Waals surface area contributed by atoms with Gasteiger partial charge in [-0.25, -0.2) is 0 Å². The van der Waals surface area contributed by atoms with Crippen LogP contribution in [0.2, 0.25) is 0 Å². The predicted octanol–water partition coefficient (Wildman–Crippen LogP) is 3.50. The molecule has 0 spiro atoms. The second kappa shape index (κ2) is 6.91. The van der Waals surface area contributed by atoms with Gasteiger partial charge in [0, 0.05) is 30.1 Å². The van der Waals surface area contributed by atoms with Crippen LogP contribution in [0.3, 0.4) is 0 Å². The quantitative estimate of drug-likeness (QED) is 0.837. The highest BCUT2D eigenvalue weighted by atomic mass is 16.3. The molecule has 1 aromatic heterocycles. The highest BCUT2D eigenvalue weighted by molar-refractivity contribution is 5.80. The summed E-state index contributed by atoms with van der Waals surface area (Å²) >= 11 is 0. The molecule has 110 valence electrons. The molecule has 0 saturated carbocycles. The molecule has 1 N–H and O–H groups in total. The van der Waals surface area contributed by atoms with Crippen molar-refractivity contribution in [2.24, 2.45) is 5.92 Å². The zero-order valence-corrected chi connectivity index (χ0v) is 13.0. The van der Waals surface area contributed by atoms with Gasteiger partial charge in [0.15, 0.2) is 0 Å². The first-order chi connectivity index (χ1) is 9.58. The molecule has 20 heavy (non-hydrogen) atoms. The fourth-order valence-corrected chi connectivity index (χ4v) is 2.56. The van der Waals surface area contributed by atoms with E-state index in [-0.39, 0.29) is 0 Å². The lowest BCUT2D eigenvalue weighted by Crippen LogP contribution is -2.38. The topological polar surface area (TPSA) is 28.4 Å². The van der Waals surface area contributed by atoms with Crippen molar-refractivity contribution in [3.05, 3.63) is 36.1 Å². The maximum atomic E-state index is 5.57. The molecule has 0 aliphatic heterocycles. The minimum Gasteiger partial charge on any atom is -0.464 e. The van der Waals surface area contributed by atoms with Gasteiger partial charge in [-0.3, -0.25) is 0 Å². The molecular formula is C17H26N2O. The normalized spacial score (nSPS) is 13.5. The van der Waals surface area contributed by atoms with Crippen molar-refractivity contribution in [1.29, 1.82) is 0 Å². The largest absolute Gasteiger partial charge is 0.464 e. The number of nitrogens with one attached hydrogen (secondary N) is 1. The van der Waals surface area contributed by atoms with Crippen LogP contribution in [0.1, 0.15) is 25.8 Å². The maximum Gasteiger partial charge on any atom is 0.134 e. The number of benzene rings is 1. The van der Waals surface area contributed by atoms with Crippen molar-refractivity contribution >= 4 is 11.0 Å². The summed E-state index contributed by atoms with van der Waals surface area (Å²) in [5.41, 5.74) is 2.21. The van der Waals surface area contributed by atoms with E-state index in [0.717, 1.165) is 24.6 Å². The zero-order chi connectivity index (χ0) is 14.5. The van der Waals surface area contributed by atoms with Gasteiger partial charge in [-0.2, -0.15) is 0 Å². The van der Waals surface area contributed by atoms with Gasteiger partial charge in [0.05, 0.1) is 6.26 Å². The summed E-state index contributed by atoms with van der Waals surface area (Å²) in [4.78, 5) is 2.31. The Morgan fingerprint density at radius 2 is 1.95 bits per heavy atom. The Morgan fingerprint density at radius 3 is 2.65 bits per heavy atom. The third-order valence-corrected chi connectivity index (χ3v) is 3.73. The Kier molecular flexibility index (Phi) is 5.21. The fraction of sp³-hybridized carbons (Fsp3) is 0.529. The first-order valence-corrected chi connectivity index (χ1v) is 7.40. The Morgan fingerprint density at radius 1 is 1.20 bits per heavy atom. The maximum absolute atomic E-state index is 5.57. The molecule has 3 nitrogen and oxygen atoms in total. The van der Waals surface area contributed by atoms with E-state index in [1.54, 1.807) is 0 Å². The highest BCUT2D eigenvalue weighted by Gasteiger charge is 2.13. The molecule has 1 aromatic carbocycles. The van der Waals surface area contributed by atoms with Gasteiger partial charge >= 0.3 is 0 Å². The summed E-state index contributed by atoms with van der Waals surface area (Å²) in [7, 11) is 4.31. The van der Waals surface area contributed by atoms with E-state index >= 15 is 0 Å². The lowest BCUT2D eigenvalue weighted by molar-refractivity contribution is 0.246. The van der Waals surface area contributed by atoms with Crippen LogP contribution in [0.25, 0.3) is 11.0 Å². The molecule has 0 amide bonds. The molecular weight excluding hydrogens is 248 g/mol. The van der Waals surface area contributed by atoms with Crippen LogP contribution in [-0.4, -0.2) is 31.6 Å². The lowest BCUT2D eigenvalue weighted by atomic mass is 10.0. The SMILES string of the molecule is CC(C)CC(CNCc1coc2ccccc12)N(C)C. The molecule has 1 heterocycles. The van der Waals surface area contributed by atoms with E-state index < -0.39 is 0 Å². The van der Waals surface area contributed by atoms with Crippen LogP contribution >= 0.6 is 0 Å². The first kappa shape index (κ1) is 15.1. The van der Waals surface area contributed by atoms with Crippen LogP contribution in [0.4, 0.5) is 0 Å². The molecule has 0 radical (unpaired) electrons. The third kappa shape index (κ3) is 3.84. The van der Waals surface area contributed by atoms with E-state index in [4.69, 9.17) is 4.42 Å². The number of para-hydroxylation sites is 1. The number of likely N-dealkylation sites (N-methyl/N-ethyl adjacent to an activating group) is 1. The summed E-state index contributed by atoms with van der Waals surface area (Å²) in [6, 6.07) is 8.78. The molecule has 3 heteroatoms. The van der Waals surface area contributed by atoms with Crippen molar-refractivity contribution < 1.29 is 4.42 Å². The number of furan rings is 1. The predicted molar refractivity (Wildman–Crippen MR) is 84.9 cm³/mol. The monoisotopic (exact) mass is 274 g/mol. The Labute approximate surface area is 122 Å². The average Bonchev–Trinajstić information content (AvgIpc) is 2.80. The Hall–Kier alpha value is -1.32. The third-order valence-electron chi connectivity index (χ3n) is 3.73. The lowest BCUT2D eigenvalue weighted by Gasteiger charge is -2.26. The van der Waals surface area contributed by atoms with Crippen molar-refractivity contribution in [1.82, 2.24) is 10.2 Å². The van der Waals surface area contributed by atoms with Crippen molar-refractivity contribution in [3.63, 3.8) is 0 Å². The minimum atomic E-state index is 0.577. The fourth-order valence-electron chi connectivity index (χ4n) is 2.56. The Bertz CT molecular complexity index is 531. The van der Waals surface area contributed by atoms with Crippen molar-refractivity contribution in [2.45, 2.75) is 32.9 Å². The molecule has 2 aromatic rings. The van der Waals surface area contributed by atoms with Crippen LogP contribution in [0.15, 0.2) is 34.9 Å². The van der Waals surface area contributed by atoms with Gasteiger partial charge in [-0.15, -0.1) is 0 Å². The zero-order valence-electron chi connectivity index (χ0n) is 13.0. The summed E-state index contributed by atoms with van der Waals surface area (Å²) in [6.07, 6.45) is 3.08. The van der Waals surface area contributed by atoms with Crippen LogP contribution in [0.5, 0.6) is 0 Å². The number of fused-ring (bicyclic) bond motifs is 1. The highest BCUT2D eigenvalue weighted by Crippen LogP contribution is 2.20. The summed E-state index contributed by atoms with van der Waals surface area (Å²) in [6.45, 7) is 6.42. The standard InChI is InChI=1S/C17H26N2O/c1-13(2)9-15(19(3)4)11-18-10-14-12-20-17-8-6-5-7-16(14)17/h5-8,12-13,15,18H,9-11H2,1-4H3. The van der Waals surface area contributed by atoms with Crippen LogP contribution in [0, 0.1) is 5.92 Å². The smallest absolute Gasteiger partial charge is 0.134 e. The number of hydrogen-bond donors (Lipinski definition) is 1. The summed E-state index contributed by atoms with van der Waals surface area (Å²) < 4.78 is 5.57. The molecule has 0 aliphatic rings. The molecule has 2 rings (SSSR count). The van der Waals surface area contributed by atoms with Gasteiger partial charge in [-0.1, -0.05) is 32.0 Å². The van der Waals surface area contributed by atoms with E-state index in [1.807, 2.05) is 18.4 Å². The Balaban J connectivity index is 1.91. The molecule has 0 bridgehead atoms. The minimum absolute atomic E-state index is 0.577. The molecule has 0 fully saturated rings. The van der Waals surface area contributed by atoms with E-state index in [9.17, 15) is 0 Å². The van der Waals surface area contributed by atoms with Crippen LogP contribution < -0.4 is 5.32 Å². The van der Waals surface area contributed by atoms with Gasteiger partial charge in [0.2, 0.25) is 0 Å². The number of hydrogen-bond acceptors (Lipinski definition) is 3. The van der Waals surface area contributed by atoms with Crippen LogP contribution in [-0.2, 0) is 6.54 Å². The summed E-state index contributed by atoms with van der Waals surface area (Å²) in [5.74, 6) is 0.721. The molecule has 1 atom stereocenters. The van der Waals surface area contributed by atoms with Crippen molar-refractivity contribution in [3.8, 4) is 0 Å². The average molecular weight is 274 g/mol. The van der Waals surface area contributed by atoms with E-state index in [1.165, 1.54) is 17.4 Å².